The lowest BCUT2D eigenvalue weighted by atomic mass is 10.0. The SMILES string of the molecule is CC/C=C\C/C=C\C/C=C\C/C=C\C/C=C\C/C=C\CCCCCCCCCCCCCCCCCCC(=O)OC(COC(=O)CCCCCC/C=C\C/C=C\C/C=C\C/C=C\CC)COC(OCC[N+](C)(C)C)C(=O)[O-]. The number of unbranched alkanes of at least 4 members (excludes halogenated alkanes) is 20. The lowest BCUT2D eigenvalue weighted by molar-refractivity contribution is -0.870. The van der Waals surface area contributed by atoms with Gasteiger partial charge in [0, 0.05) is 12.8 Å². The number of hydrogen-bond acceptors (Lipinski definition) is 8. The molecule has 0 aliphatic carbocycles. The van der Waals surface area contributed by atoms with E-state index in [0.717, 1.165) is 109 Å². The van der Waals surface area contributed by atoms with Gasteiger partial charge in [0.15, 0.2) is 12.4 Å². The molecule has 0 aromatic heterocycles. The number of rotatable bonds is 55. The van der Waals surface area contributed by atoms with Gasteiger partial charge in [0.2, 0.25) is 0 Å². The lowest BCUT2D eigenvalue weighted by Crippen LogP contribution is -2.44. The Morgan fingerprint density at radius 1 is 0.390 bits per heavy atom. The Kier molecular flexibility index (Phi) is 54.6. The van der Waals surface area contributed by atoms with Crippen LogP contribution in [0.15, 0.2) is 122 Å². The van der Waals surface area contributed by atoms with E-state index in [9.17, 15) is 19.5 Å². The summed E-state index contributed by atoms with van der Waals surface area (Å²) >= 11 is 0. The number of allylic oxidation sites excluding steroid dienone is 20. The standard InChI is InChI=1S/C68H113NO8/c1-6-8-10-12-14-16-18-20-22-24-25-26-27-28-29-30-31-32-33-34-35-36-37-38-39-40-41-43-45-47-49-51-53-55-57-59-66(71)77-64(63-76-68(67(72)73)74-61-60-69(3,4)5)62-75-65(70)58-56-54-52-50-48-46-44-42-23-21-19-17-15-13-11-9-7-2/h8-11,14-17,20-23,25-26,28-29,31-32,44,46,64,68H,6-7,12-13,18-19,24,27,30,33-43,45,47-63H2,1-5H3/b10-8-,11-9-,16-14-,17-15-,22-20-,23-21-,26-25-,29-28-,32-31-,46-44-. The van der Waals surface area contributed by atoms with E-state index in [4.69, 9.17) is 18.9 Å². The molecule has 0 aliphatic heterocycles. The van der Waals surface area contributed by atoms with Crippen LogP contribution in [0.25, 0.3) is 0 Å². The molecule has 0 aromatic rings. The van der Waals surface area contributed by atoms with Crippen LogP contribution in [0.2, 0.25) is 0 Å². The van der Waals surface area contributed by atoms with Crippen molar-refractivity contribution in [3.05, 3.63) is 122 Å². The number of ether oxygens (including phenoxy) is 4. The summed E-state index contributed by atoms with van der Waals surface area (Å²) in [6.07, 6.45) is 78.3. The van der Waals surface area contributed by atoms with Crippen molar-refractivity contribution in [2.75, 3.05) is 47.5 Å². The molecule has 2 atom stereocenters. The molecule has 438 valence electrons. The highest BCUT2D eigenvalue weighted by atomic mass is 16.7. The molecule has 2 unspecified atom stereocenters. The van der Waals surface area contributed by atoms with Gasteiger partial charge in [-0.1, -0.05) is 238 Å². The smallest absolute Gasteiger partial charge is 0.306 e. The van der Waals surface area contributed by atoms with Crippen molar-refractivity contribution in [1.29, 1.82) is 0 Å². The fourth-order valence-corrected chi connectivity index (χ4v) is 8.06. The van der Waals surface area contributed by atoms with Crippen LogP contribution in [0.1, 0.15) is 232 Å². The Labute approximate surface area is 472 Å². The second-order valence-corrected chi connectivity index (χ2v) is 21.2. The number of carbonyl (C=O) groups is 3. The number of quaternary nitrogens is 1. The van der Waals surface area contributed by atoms with E-state index in [1.165, 1.54) is 83.5 Å². The number of likely N-dealkylation sites (N-methyl/N-ethyl adjacent to an activating group) is 1. The molecule has 0 spiro atoms. The van der Waals surface area contributed by atoms with Gasteiger partial charge in [-0.25, -0.2) is 0 Å². The molecule has 0 aliphatic rings. The van der Waals surface area contributed by atoms with Crippen LogP contribution in [-0.2, 0) is 33.3 Å². The Hall–Kier alpha value is -4.31. The summed E-state index contributed by atoms with van der Waals surface area (Å²) < 4.78 is 22.7. The van der Waals surface area contributed by atoms with E-state index < -0.39 is 24.3 Å². The molecule has 0 fully saturated rings. The van der Waals surface area contributed by atoms with Gasteiger partial charge in [0.25, 0.3) is 0 Å². The van der Waals surface area contributed by atoms with E-state index in [-0.39, 0.29) is 38.6 Å². The highest BCUT2D eigenvalue weighted by molar-refractivity contribution is 5.70. The summed E-state index contributed by atoms with van der Waals surface area (Å²) in [6, 6.07) is 0. The maximum Gasteiger partial charge on any atom is 0.306 e. The van der Waals surface area contributed by atoms with Crippen molar-refractivity contribution in [1.82, 2.24) is 0 Å². The number of carbonyl (C=O) groups excluding carboxylic acids is 3. The topological polar surface area (TPSA) is 111 Å². The van der Waals surface area contributed by atoms with Gasteiger partial charge in [-0.15, -0.1) is 0 Å². The van der Waals surface area contributed by atoms with E-state index in [1.54, 1.807) is 0 Å². The minimum atomic E-state index is -1.63. The third kappa shape index (κ3) is 59.2. The zero-order valence-electron chi connectivity index (χ0n) is 49.8. The molecule has 77 heavy (non-hydrogen) atoms. The van der Waals surface area contributed by atoms with Crippen molar-refractivity contribution in [3.63, 3.8) is 0 Å². The zero-order chi connectivity index (χ0) is 56.2. The molecule has 0 saturated heterocycles. The first kappa shape index (κ1) is 72.7. The maximum atomic E-state index is 12.9. The van der Waals surface area contributed by atoms with E-state index in [2.05, 4.69) is 135 Å². The fraction of sp³-hybridized carbons (Fsp3) is 0.662. The predicted octanol–water partition coefficient (Wildman–Crippen LogP) is 17.1. The summed E-state index contributed by atoms with van der Waals surface area (Å²) in [5.74, 6) is -2.32. The molecule has 0 saturated carbocycles. The van der Waals surface area contributed by atoms with Crippen molar-refractivity contribution in [3.8, 4) is 0 Å². The maximum absolute atomic E-state index is 12.9. The van der Waals surface area contributed by atoms with E-state index in [0.29, 0.717) is 23.9 Å². The minimum absolute atomic E-state index is 0.138. The Morgan fingerprint density at radius 2 is 0.701 bits per heavy atom. The Morgan fingerprint density at radius 3 is 1.04 bits per heavy atom. The fourth-order valence-electron chi connectivity index (χ4n) is 8.06. The molecule has 0 radical (unpaired) electrons. The second kappa shape index (κ2) is 57.9. The van der Waals surface area contributed by atoms with Crippen molar-refractivity contribution in [2.45, 2.75) is 245 Å². The predicted molar refractivity (Wildman–Crippen MR) is 324 cm³/mol. The summed E-state index contributed by atoms with van der Waals surface area (Å²) in [4.78, 5) is 37.3. The molecular formula is C68H113NO8. The van der Waals surface area contributed by atoms with Crippen LogP contribution >= 0.6 is 0 Å². The number of aliphatic carboxylic acids is 1. The molecule has 0 bridgehead atoms. The summed E-state index contributed by atoms with van der Waals surface area (Å²) in [5, 5.41) is 11.8. The van der Waals surface area contributed by atoms with Crippen LogP contribution in [0.4, 0.5) is 0 Å². The summed E-state index contributed by atoms with van der Waals surface area (Å²) in [7, 11) is 5.91. The van der Waals surface area contributed by atoms with Crippen molar-refractivity contribution < 1.29 is 42.9 Å². The van der Waals surface area contributed by atoms with Gasteiger partial charge >= 0.3 is 11.9 Å². The Balaban J connectivity index is 4.15. The van der Waals surface area contributed by atoms with Gasteiger partial charge in [-0.3, -0.25) is 9.59 Å². The van der Waals surface area contributed by atoms with E-state index >= 15 is 0 Å². The van der Waals surface area contributed by atoms with Gasteiger partial charge in [0.05, 0.1) is 40.3 Å². The van der Waals surface area contributed by atoms with Gasteiger partial charge in [-0.05, 0) is 103 Å². The van der Waals surface area contributed by atoms with Gasteiger partial charge in [0.1, 0.15) is 13.2 Å². The number of nitrogens with zero attached hydrogens (tertiary/aromatic N) is 1. The molecule has 0 amide bonds. The quantitative estimate of drug-likeness (QED) is 0.0195. The van der Waals surface area contributed by atoms with Crippen LogP contribution in [-0.4, -0.2) is 82.3 Å². The minimum Gasteiger partial charge on any atom is -0.545 e. The number of carboxylic acid groups (broad SMARTS) is 1. The summed E-state index contributed by atoms with van der Waals surface area (Å²) in [5.41, 5.74) is 0. The number of carboxylic acids is 1. The molecule has 0 heterocycles. The second-order valence-electron chi connectivity index (χ2n) is 21.2. The average molecular weight is 1070 g/mol. The zero-order valence-corrected chi connectivity index (χ0v) is 49.8. The van der Waals surface area contributed by atoms with E-state index in [1.807, 2.05) is 21.1 Å². The molecule has 0 aromatic carbocycles. The first-order chi connectivity index (χ1) is 37.6. The third-order valence-corrected chi connectivity index (χ3v) is 12.7. The molecule has 0 N–H and O–H groups in total. The highest BCUT2D eigenvalue weighted by Crippen LogP contribution is 2.16. The third-order valence-electron chi connectivity index (χ3n) is 12.7. The molecular weight excluding hydrogens is 959 g/mol. The molecule has 9 heteroatoms. The van der Waals surface area contributed by atoms with Gasteiger partial charge < -0.3 is 33.3 Å². The van der Waals surface area contributed by atoms with Crippen LogP contribution in [0, 0.1) is 0 Å². The Bertz CT molecular complexity index is 1670. The van der Waals surface area contributed by atoms with Crippen molar-refractivity contribution in [2.24, 2.45) is 0 Å². The van der Waals surface area contributed by atoms with Crippen LogP contribution in [0.3, 0.4) is 0 Å². The van der Waals surface area contributed by atoms with Crippen LogP contribution < -0.4 is 5.11 Å². The van der Waals surface area contributed by atoms with Crippen molar-refractivity contribution >= 4 is 17.9 Å². The lowest BCUT2D eigenvalue weighted by Gasteiger charge is -2.26. The van der Waals surface area contributed by atoms with Crippen LogP contribution in [0.5, 0.6) is 0 Å². The first-order valence-electron chi connectivity index (χ1n) is 30.7. The van der Waals surface area contributed by atoms with Gasteiger partial charge in [-0.2, -0.15) is 0 Å². The number of esters is 2. The summed E-state index contributed by atoms with van der Waals surface area (Å²) in [6.45, 7) is 4.48. The monoisotopic (exact) mass is 1070 g/mol. The highest BCUT2D eigenvalue weighted by Gasteiger charge is 2.22. The normalized spacial score (nSPS) is 13.6. The number of hydrogen-bond donors (Lipinski definition) is 0. The largest absolute Gasteiger partial charge is 0.545 e. The molecule has 0 rings (SSSR count). The average Bonchev–Trinajstić information content (AvgIpc) is 3.40. The molecule has 9 nitrogen and oxygen atoms in total. The first-order valence-corrected chi connectivity index (χ1v) is 30.7.